The lowest BCUT2D eigenvalue weighted by Gasteiger charge is -2.02. The van der Waals surface area contributed by atoms with E-state index in [-0.39, 0.29) is 0 Å². The predicted molar refractivity (Wildman–Crippen MR) is 66.6 cm³/mol. The molecular formula is C13H27NO. The minimum absolute atomic E-state index is 0.435. The summed E-state index contributed by atoms with van der Waals surface area (Å²) in [6.07, 6.45) is 14.1. The maximum atomic E-state index is 8.91. The second kappa shape index (κ2) is 11.6. The van der Waals surface area contributed by atoms with Gasteiger partial charge in [0.1, 0.15) is 6.23 Å². The zero-order valence-corrected chi connectivity index (χ0v) is 10.3. The fourth-order valence-electron chi connectivity index (χ4n) is 1.51. The van der Waals surface area contributed by atoms with Crippen LogP contribution in [0, 0.1) is 0 Å². The van der Waals surface area contributed by atoms with E-state index in [9.17, 15) is 0 Å². The van der Waals surface area contributed by atoms with Crippen LogP contribution in [0.4, 0.5) is 0 Å². The van der Waals surface area contributed by atoms with E-state index in [2.05, 4.69) is 18.3 Å². The van der Waals surface area contributed by atoms with E-state index in [1.54, 1.807) is 6.92 Å². The van der Waals surface area contributed by atoms with Crippen LogP contribution in [0.1, 0.15) is 65.2 Å². The van der Waals surface area contributed by atoms with Gasteiger partial charge in [-0.3, -0.25) is 0 Å². The maximum Gasteiger partial charge on any atom is 0.121 e. The van der Waals surface area contributed by atoms with Crippen molar-refractivity contribution in [3.05, 3.63) is 12.3 Å². The van der Waals surface area contributed by atoms with Gasteiger partial charge in [-0.15, -0.1) is 0 Å². The first-order valence-corrected chi connectivity index (χ1v) is 6.36. The summed E-state index contributed by atoms with van der Waals surface area (Å²) in [5, 5.41) is 11.8. The molecule has 2 nitrogen and oxygen atoms in total. The summed E-state index contributed by atoms with van der Waals surface area (Å²) in [4.78, 5) is 0. The molecule has 2 heteroatoms. The highest BCUT2D eigenvalue weighted by Gasteiger charge is 1.89. The van der Waals surface area contributed by atoms with Crippen molar-refractivity contribution in [2.24, 2.45) is 0 Å². The largest absolute Gasteiger partial charge is 0.374 e. The molecule has 0 radical (unpaired) electrons. The number of hydrogen-bond donors (Lipinski definition) is 2. The number of nitrogens with one attached hydrogen (secondary N) is 1. The Hall–Kier alpha value is -0.500. The molecule has 0 amide bonds. The van der Waals surface area contributed by atoms with E-state index >= 15 is 0 Å². The van der Waals surface area contributed by atoms with Gasteiger partial charge in [0.2, 0.25) is 0 Å². The van der Waals surface area contributed by atoms with Gasteiger partial charge in [-0.25, -0.2) is 0 Å². The first-order chi connectivity index (χ1) is 7.27. The lowest BCUT2D eigenvalue weighted by molar-refractivity contribution is 0.173. The van der Waals surface area contributed by atoms with Gasteiger partial charge in [-0.1, -0.05) is 51.5 Å². The molecule has 0 rings (SSSR count). The van der Waals surface area contributed by atoms with E-state index in [1.807, 2.05) is 6.20 Å². The average Bonchev–Trinajstić information content (AvgIpc) is 2.20. The zero-order valence-electron chi connectivity index (χ0n) is 10.3. The van der Waals surface area contributed by atoms with E-state index in [1.165, 1.54) is 44.9 Å². The number of rotatable bonds is 10. The van der Waals surface area contributed by atoms with Crippen LogP contribution in [-0.4, -0.2) is 11.3 Å². The highest BCUT2D eigenvalue weighted by atomic mass is 16.3. The summed E-state index contributed by atoms with van der Waals surface area (Å²) in [6, 6.07) is 0. The Morgan fingerprint density at radius 2 is 1.67 bits per heavy atom. The van der Waals surface area contributed by atoms with Crippen LogP contribution >= 0.6 is 0 Å². The van der Waals surface area contributed by atoms with E-state index in [0.29, 0.717) is 0 Å². The molecule has 90 valence electrons. The van der Waals surface area contributed by atoms with Gasteiger partial charge in [0, 0.05) is 0 Å². The molecule has 0 saturated heterocycles. The van der Waals surface area contributed by atoms with Crippen LogP contribution < -0.4 is 5.32 Å². The Bertz CT molecular complexity index is 143. The summed E-state index contributed by atoms with van der Waals surface area (Å²) in [7, 11) is 0. The van der Waals surface area contributed by atoms with Gasteiger partial charge in [0.25, 0.3) is 0 Å². The van der Waals surface area contributed by atoms with E-state index in [4.69, 9.17) is 5.11 Å². The predicted octanol–water partition coefficient (Wildman–Crippen LogP) is 3.57. The molecule has 0 spiro atoms. The SMILES string of the molecule is CCCCCCCCCC=CNC(C)O. The van der Waals surface area contributed by atoms with Gasteiger partial charge in [-0.2, -0.15) is 0 Å². The van der Waals surface area contributed by atoms with Gasteiger partial charge < -0.3 is 10.4 Å². The van der Waals surface area contributed by atoms with E-state index in [0.717, 1.165) is 6.42 Å². The van der Waals surface area contributed by atoms with Crippen molar-refractivity contribution in [1.82, 2.24) is 5.32 Å². The number of allylic oxidation sites excluding steroid dienone is 1. The zero-order chi connectivity index (χ0) is 11.4. The van der Waals surface area contributed by atoms with Crippen LogP contribution in [0.15, 0.2) is 12.3 Å². The molecule has 0 saturated carbocycles. The molecule has 0 fully saturated rings. The highest BCUT2D eigenvalue weighted by Crippen LogP contribution is 2.08. The molecule has 0 aromatic rings. The monoisotopic (exact) mass is 213 g/mol. The first-order valence-electron chi connectivity index (χ1n) is 6.36. The van der Waals surface area contributed by atoms with Crippen molar-refractivity contribution >= 4 is 0 Å². The molecule has 0 bridgehead atoms. The summed E-state index contributed by atoms with van der Waals surface area (Å²) >= 11 is 0. The molecule has 0 aromatic heterocycles. The molecule has 0 heterocycles. The van der Waals surface area contributed by atoms with Gasteiger partial charge in [0.15, 0.2) is 0 Å². The van der Waals surface area contributed by atoms with Crippen LogP contribution in [0.25, 0.3) is 0 Å². The minimum Gasteiger partial charge on any atom is -0.374 e. The minimum atomic E-state index is -0.435. The molecule has 0 aliphatic heterocycles. The summed E-state index contributed by atoms with van der Waals surface area (Å²) in [5.41, 5.74) is 0. The molecule has 0 aliphatic rings. The van der Waals surface area contributed by atoms with Crippen molar-refractivity contribution < 1.29 is 5.11 Å². The quantitative estimate of drug-likeness (QED) is 0.429. The standard InChI is InChI=1S/C13H27NO/c1-3-4-5-6-7-8-9-10-11-12-14-13(2)15/h11-15H,3-10H2,1-2H3. The normalized spacial score (nSPS) is 13.3. The third-order valence-electron chi connectivity index (χ3n) is 2.43. The van der Waals surface area contributed by atoms with Crippen molar-refractivity contribution in [3.8, 4) is 0 Å². The Morgan fingerprint density at radius 1 is 1.07 bits per heavy atom. The topological polar surface area (TPSA) is 32.3 Å². The van der Waals surface area contributed by atoms with Crippen LogP contribution in [-0.2, 0) is 0 Å². The molecule has 15 heavy (non-hydrogen) atoms. The first kappa shape index (κ1) is 14.5. The third kappa shape index (κ3) is 13.5. The van der Waals surface area contributed by atoms with Crippen LogP contribution in [0.5, 0.6) is 0 Å². The third-order valence-corrected chi connectivity index (χ3v) is 2.43. The fraction of sp³-hybridized carbons (Fsp3) is 0.846. The van der Waals surface area contributed by atoms with Crippen molar-refractivity contribution in [2.45, 2.75) is 71.4 Å². The molecular weight excluding hydrogens is 186 g/mol. The van der Waals surface area contributed by atoms with Gasteiger partial charge >= 0.3 is 0 Å². The van der Waals surface area contributed by atoms with Gasteiger partial charge in [0.05, 0.1) is 0 Å². The van der Waals surface area contributed by atoms with Crippen LogP contribution in [0.2, 0.25) is 0 Å². The highest BCUT2D eigenvalue weighted by molar-refractivity contribution is 4.79. The molecule has 2 N–H and O–H groups in total. The fourth-order valence-corrected chi connectivity index (χ4v) is 1.51. The van der Waals surface area contributed by atoms with Crippen LogP contribution in [0.3, 0.4) is 0 Å². The number of unbranched alkanes of at least 4 members (excludes halogenated alkanes) is 7. The Balaban J connectivity index is 3.01. The van der Waals surface area contributed by atoms with E-state index < -0.39 is 6.23 Å². The van der Waals surface area contributed by atoms with Gasteiger partial charge in [-0.05, 0) is 26.0 Å². The van der Waals surface area contributed by atoms with Crippen molar-refractivity contribution in [2.75, 3.05) is 0 Å². The lowest BCUT2D eigenvalue weighted by atomic mass is 10.1. The Kier molecular flexibility index (Phi) is 11.2. The molecule has 1 atom stereocenters. The molecule has 0 aliphatic carbocycles. The average molecular weight is 213 g/mol. The number of aliphatic hydroxyl groups is 1. The smallest absolute Gasteiger partial charge is 0.121 e. The molecule has 0 aromatic carbocycles. The van der Waals surface area contributed by atoms with Crippen molar-refractivity contribution in [1.29, 1.82) is 0 Å². The Labute approximate surface area is 94.8 Å². The summed E-state index contributed by atoms with van der Waals surface area (Å²) in [5.74, 6) is 0. The number of hydrogen-bond acceptors (Lipinski definition) is 2. The molecule has 1 unspecified atom stereocenters. The van der Waals surface area contributed by atoms with Crippen molar-refractivity contribution in [3.63, 3.8) is 0 Å². The Morgan fingerprint density at radius 3 is 2.27 bits per heavy atom. The summed E-state index contributed by atoms with van der Waals surface area (Å²) in [6.45, 7) is 3.97. The second-order valence-electron chi connectivity index (χ2n) is 4.16. The summed E-state index contributed by atoms with van der Waals surface area (Å²) < 4.78 is 0. The maximum absolute atomic E-state index is 8.91. The number of aliphatic hydroxyl groups excluding tert-OH is 1. The lowest BCUT2D eigenvalue weighted by Crippen LogP contribution is -2.18. The second-order valence-corrected chi connectivity index (χ2v) is 4.16.